The number of thioether (sulfide) groups is 1. The van der Waals surface area contributed by atoms with Crippen LogP contribution in [0, 0.1) is 0 Å². The molecule has 3 aromatic rings. The number of nitrogens with one attached hydrogen (secondary N) is 2. The standard InChI is InChI=1S/C18H19N5O3S2/c24-16-4-2-13(9-19-12-1-3-14-11(7-12)8-20-22-14)23(16)5-6-27-18-21-15(10-28-18)17(25)26/h1,3,7-8,10,13,19H,2,4-6,9H2,(H,20,22)(H,25,26)/t13-/m1/s1. The SMILES string of the molecule is O=C(O)c1csc(SCCN2C(=O)CC[C@@H]2CNc2ccc3[nH]ncc3c2)n1. The van der Waals surface area contributed by atoms with Crippen LogP contribution >= 0.6 is 23.1 Å². The van der Waals surface area contributed by atoms with Crippen molar-refractivity contribution in [2.24, 2.45) is 0 Å². The molecule has 28 heavy (non-hydrogen) atoms. The van der Waals surface area contributed by atoms with Gasteiger partial charge in [-0.1, -0.05) is 11.8 Å². The largest absolute Gasteiger partial charge is 0.476 e. The molecule has 10 heteroatoms. The lowest BCUT2D eigenvalue weighted by Gasteiger charge is -2.25. The number of hydrogen-bond donors (Lipinski definition) is 3. The highest BCUT2D eigenvalue weighted by Crippen LogP contribution is 2.25. The maximum atomic E-state index is 12.3. The first-order valence-corrected chi connectivity index (χ1v) is 10.7. The minimum atomic E-state index is -1.02. The molecule has 8 nitrogen and oxygen atoms in total. The molecule has 0 unspecified atom stereocenters. The fraction of sp³-hybridized carbons (Fsp3) is 0.333. The number of nitrogens with zero attached hydrogens (tertiary/aromatic N) is 3. The van der Waals surface area contributed by atoms with Crippen molar-refractivity contribution < 1.29 is 14.7 Å². The Kier molecular flexibility index (Phi) is 5.49. The Labute approximate surface area is 169 Å². The van der Waals surface area contributed by atoms with Crippen LogP contribution in [0.1, 0.15) is 23.3 Å². The Hall–Kier alpha value is -2.59. The average Bonchev–Trinajstić information content (AvgIpc) is 3.41. The van der Waals surface area contributed by atoms with E-state index in [2.05, 4.69) is 20.5 Å². The number of aromatic carboxylic acids is 1. The number of aromatic amines is 1. The zero-order chi connectivity index (χ0) is 19.5. The summed E-state index contributed by atoms with van der Waals surface area (Å²) in [6, 6.07) is 6.18. The minimum absolute atomic E-state index is 0.0708. The number of aromatic nitrogens is 3. The number of carbonyl (C=O) groups is 2. The number of hydrogen-bond acceptors (Lipinski definition) is 7. The molecule has 3 N–H and O–H groups in total. The van der Waals surface area contributed by atoms with E-state index in [1.165, 1.54) is 28.5 Å². The zero-order valence-corrected chi connectivity index (χ0v) is 16.6. The Balaban J connectivity index is 1.30. The van der Waals surface area contributed by atoms with Crippen LogP contribution in [0.15, 0.2) is 34.1 Å². The molecule has 0 spiro atoms. The molecule has 0 radical (unpaired) electrons. The number of amides is 1. The van der Waals surface area contributed by atoms with E-state index in [-0.39, 0.29) is 17.6 Å². The van der Waals surface area contributed by atoms with Crippen LogP contribution in [0.25, 0.3) is 10.9 Å². The van der Waals surface area contributed by atoms with E-state index in [0.717, 1.165) is 23.0 Å². The molecule has 4 rings (SSSR count). The van der Waals surface area contributed by atoms with Crippen LogP contribution in [-0.4, -0.2) is 61.9 Å². The third-order valence-electron chi connectivity index (χ3n) is 4.69. The number of H-pyrrole nitrogens is 1. The number of likely N-dealkylation sites (tertiary alicyclic amines) is 1. The van der Waals surface area contributed by atoms with Crippen molar-refractivity contribution >= 4 is 51.6 Å². The van der Waals surface area contributed by atoms with Crippen molar-refractivity contribution in [1.82, 2.24) is 20.1 Å². The highest BCUT2D eigenvalue weighted by atomic mass is 32.2. The molecule has 1 aromatic carbocycles. The van der Waals surface area contributed by atoms with Crippen molar-refractivity contribution in [3.05, 3.63) is 35.5 Å². The molecule has 0 aliphatic carbocycles. The second-order valence-corrected chi connectivity index (χ2v) is 8.68. The summed E-state index contributed by atoms with van der Waals surface area (Å²) < 4.78 is 0.715. The Morgan fingerprint density at radius 2 is 2.36 bits per heavy atom. The molecule has 1 fully saturated rings. The van der Waals surface area contributed by atoms with Crippen LogP contribution in [0.3, 0.4) is 0 Å². The molecule has 1 aliphatic heterocycles. The van der Waals surface area contributed by atoms with E-state index in [9.17, 15) is 9.59 Å². The van der Waals surface area contributed by atoms with Gasteiger partial charge in [-0.15, -0.1) is 11.3 Å². The summed E-state index contributed by atoms with van der Waals surface area (Å²) in [5.74, 6) is -0.156. The van der Waals surface area contributed by atoms with Gasteiger partial charge in [0.1, 0.15) is 0 Å². The fourth-order valence-electron chi connectivity index (χ4n) is 3.25. The van der Waals surface area contributed by atoms with Gasteiger partial charge in [-0.25, -0.2) is 9.78 Å². The number of carboxylic acid groups (broad SMARTS) is 1. The van der Waals surface area contributed by atoms with E-state index < -0.39 is 5.97 Å². The lowest BCUT2D eigenvalue weighted by molar-refractivity contribution is -0.128. The van der Waals surface area contributed by atoms with Gasteiger partial charge in [0.2, 0.25) is 5.91 Å². The van der Waals surface area contributed by atoms with Gasteiger partial charge in [0, 0.05) is 47.8 Å². The first kappa shape index (κ1) is 18.8. The van der Waals surface area contributed by atoms with Gasteiger partial charge in [-0.3, -0.25) is 9.89 Å². The second-order valence-electron chi connectivity index (χ2n) is 6.48. The van der Waals surface area contributed by atoms with Gasteiger partial charge in [-0.05, 0) is 24.6 Å². The highest BCUT2D eigenvalue weighted by Gasteiger charge is 2.30. The first-order valence-electron chi connectivity index (χ1n) is 8.88. The van der Waals surface area contributed by atoms with E-state index in [0.29, 0.717) is 29.6 Å². The molecule has 1 amide bonds. The summed E-state index contributed by atoms with van der Waals surface area (Å²) in [4.78, 5) is 29.1. The van der Waals surface area contributed by atoms with Crippen molar-refractivity contribution in [3.8, 4) is 0 Å². The number of carbonyl (C=O) groups excluding carboxylic acids is 1. The second kappa shape index (κ2) is 8.19. The summed E-state index contributed by atoms with van der Waals surface area (Å²) in [5, 5.41) is 21.9. The summed E-state index contributed by atoms with van der Waals surface area (Å²) in [7, 11) is 0. The predicted octanol–water partition coefficient (Wildman–Crippen LogP) is 2.91. The summed E-state index contributed by atoms with van der Waals surface area (Å²) in [5.41, 5.74) is 2.07. The molecular formula is C18H19N5O3S2. The van der Waals surface area contributed by atoms with Crippen LogP contribution in [0.5, 0.6) is 0 Å². The third kappa shape index (κ3) is 4.12. The molecule has 3 heterocycles. The molecule has 0 bridgehead atoms. The maximum Gasteiger partial charge on any atom is 0.355 e. The van der Waals surface area contributed by atoms with Gasteiger partial charge < -0.3 is 15.3 Å². The molecule has 1 atom stereocenters. The molecule has 1 aliphatic rings. The minimum Gasteiger partial charge on any atom is -0.476 e. The average molecular weight is 418 g/mol. The molecule has 0 saturated carbocycles. The van der Waals surface area contributed by atoms with E-state index in [1.807, 2.05) is 23.1 Å². The van der Waals surface area contributed by atoms with Gasteiger partial charge in [0.05, 0.1) is 11.7 Å². The lowest BCUT2D eigenvalue weighted by Crippen LogP contribution is -2.39. The van der Waals surface area contributed by atoms with Gasteiger partial charge >= 0.3 is 5.97 Å². The van der Waals surface area contributed by atoms with E-state index in [1.54, 1.807) is 6.20 Å². The highest BCUT2D eigenvalue weighted by molar-refractivity contribution is 8.01. The van der Waals surface area contributed by atoms with Crippen LogP contribution in [-0.2, 0) is 4.79 Å². The fourth-order valence-corrected chi connectivity index (χ4v) is 5.06. The van der Waals surface area contributed by atoms with Crippen LogP contribution in [0.4, 0.5) is 5.69 Å². The number of fused-ring (bicyclic) bond motifs is 1. The molecular weight excluding hydrogens is 398 g/mol. The molecule has 1 saturated heterocycles. The Morgan fingerprint density at radius 1 is 1.46 bits per heavy atom. The number of benzene rings is 1. The lowest BCUT2D eigenvalue weighted by atomic mass is 10.2. The van der Waals surface area contributed by atoms with Crippen molar-refractivity contribution in [2.75, 3.05) is 24.2 Å². The molecule has 2 aromatic heterocycles. The summed E-state index contributed by atoms with van der Waals surface area (Å²) in [6.45, 7) is 1.32. The number of rotatable bonds is 8. The van der Waals surface area contributed by atoms with Gasteiger partial charge in [0.25, 0.3) is 0 Å². The van der Waals surface area contributed by atoms with Gasteiger partial charge in [-0.2, -0.15) is 5.10 Å². The first-order chi connectivity index (χ1) is 13.6. The Bertz CT molecular complexity index is 1000. The number of carboxylic acids is 1. The van der Waals surface area contributed by atoms with Gasteiger partial charge in [0.15, 0.2) is 10.0 Å². The Morgan fingerprint density at radius 3 is 3.18 bits per heavy atom. The smallest absolute Gasteiger partial charge is 0.355 e. The normalized spacial score (nSPS) is 16.8. The van der Waals surface area contributed by atoms with Crippen molar-refractivity contribution in [2.45, 2.75) is 23.2 Å². The van der Waals surface area contributed by atoms with E-state index in [4.69, 9.17) is 5.11 Å². The monoisotopic (exact) mass is 417 g/mol. The maximum absolute atomic E-state index is 12.3. The van der Waals surface area contributed by atoms with Crippen molar-refractivity contribution in [1.29, 1.82) is 0 Å². The summed E-state index contributed by atoms with van der Waals surface area (Å²) >= 11 is 2.80. The third-order valence-corrected chi connectivity index (χ3v) is 6.70. The number of thiazole rings is 1. The number of anilines is 1. The zero-order valence-electron chi connectivity index (χ0n) is 14.9. The summed E-state index contributed by atoms with van der Waals surface area (Å²) in [6.07, 6.45) is 3.20. The molecule has 146 valence electrons. The van der Waals surface area contributed by atoms with Crippen LogP contribution < -0.4 is 5.32 Å². The van der Waals surface area contributed by atoms with Crippen molar-refractivity contribution in [3.63, 3.8) is 0 Å². The van der Waals surface area contributed by atoms with E-state index >= 15 is 0 Å². The quantitative estimate of drug-likeness (QED) is 0.483. The topological polar surface area (TPSA) is 111 Å². The van der Waals surface area contributed by atoms with Crippen LogP contribution in [0.2, 0.25) is 0 Å². The predicted molar refractivity (Wildman–Crippen MR) is 109 cm³/mol.